The van der Waals surface area contributed by atoms with E-state index in [0.29, 0.717) is 6.54 Å². The molecular weight excluding hydrogens is 469 g/mol. The lowest BCUT2D eigenvalue weighted by molar-refractivity contribution is 0.825. The second-order valence-electron chi connectivity index (χ2n) is 3.83. The van der Waals surface area contributed by atoms with Crippen molar-refractivity contribution >= 4 is 68.5 Å². The van der Waals surface area contributed by atoms with E-state index in [1.807, 2.05) is 0 Å². The maximum atomic E-state index is 4.59. The highest BCUT2D eigenvalue weighted by Gasteiger charge is 2.00. The van der Waals surface area contributed by atoms with Crippen LogP contribution in [-0.4, -0.2) is 12.5 Å². The molecular formula is C13H17BrIN3S2. The van der Waals surface area contributed by atoms with Crippen molar-refractivity contribution in [3.8, 4) is 0 Å². The first kappa shape index (κ1) is 17.9. The molecule has 0 unspecified atom stereocenters. The van der Waals surface area contributed by atoms with Crippen LogP contribution >= 0.6 is 62.6 Å². The van der Waals surface area contributed by atoms with Crippen molar-refractivity contribution in [2.24, 2.45) is 4.99 Å². The Kier molecular flexibility index (Phi) is 8.74. The van der Waals surface area contributed by atoms with Gasteiger partial charge in [0.1, 0.15) is 0 Å². The Hall–Kier alpha value is -0.120. The molecule has 3 nitrogen and oxygen atoms in total. The van der Waals surface area contributed by atoms with Gasteiger partial charge >= 0.3 is 0 Å². The molecule has 2 heterocycles. The summed E-state index contributed by atoms with van der Waals surface area (Å²) >= 11 is 6.94. The average Bonchev–Trinajstić information content (AvgIpc) is 3.04. The van der Waals surface area contributed by atoms with Gasteiger partial charge in [-0.15, -0.1) is 46.7 Å². The molecule has 0 radical (unpaired) electrons. The fourth-order valence-corrected chi connectivity index (χ4v) is 3.57. The lowest BCUT2D eigenvalue weighted by Crippen LogP contribution is -2.36. The Balaban J connectivity index is 0.00000200. The summed E-state index contributed by atoms with van der Waals surface area (Å²) in [6, 6.07) is 8.34. The van der Waals surface area contributed by atoms with Crippen molar-refractivity contribution in [1.82, 2.24) is 10.6 Å². The fraction of sp³-hybridized carbons (Fsp3) is 0.308. The third kappa shape index (κ3) is 6.11. The minimum absolute atomic E-state index is 0. The van der Waals surface area contributed by atoms with E-state index in [1.54, 1.807) is 22.7 Å². The Labute approximate surface area is 153 Å². The molecule has 0 aliphatic rings. The summed E-state index contributed by atoms with van der Waals surface area (Å²) in [5.41, 5.74) is 0. The van der Waals surface area contributed by atoms with Crippen molar-refractivity contribution in [2.45, 2.75) is 20.0 Å². The summed E-state index contributed by atoms with van der Waals surface area (Å²) in [7, 11) is 0. The van der Waals surface area contributed by atoms with Gasteiger partial charge in [-0.05, 0) is 46.4 Å². The van der Waals surface area contributed by atoms with Gasteiger partial charge in [0.05, 0.1) is 16.9 Å². The van der Waals surface area contributed by atoms with Crippen LogP contribution in [-0.2, 0) is 13.1 Å². The second-order valence-corrected chi connectivity index (χ2v) is 7.41. The Morgan fingerprint density at radius 2 is 2.10 bits per heavy atom. The standard InChI is InChI=1S/C13H16BrN3S2.HI/c1-2-15-13(16-8-10-4-3-7-18-10)17-9-11-5-6-12(14)19-11;/h3-7H,2,8-9H2,1H3,(H2,15,16,17);1H. The average molecular weight is 486 g/mol. The Bertz CT molecular complexity index is 525. The predicted octanol–water partition coefficient (Wildman–Crippen LogP) is 4.45. The van der Waals surface area contributed by atoms with E-state index in [9.17, 15) is 0 Å². The molecule has 20 heavy (non-hydrogen) atoms. The molecule has 0 saturated heterocycles. The predicted molar refractivity (Wildman–Crippen MR) is 103 cm³/mol. The SMILES string of the molecule is CCNC(=NCc1ccc(Br)s1)NCc1cccs1.I. The molecule has 0 aliphatic heterocycles. The van der Waals surface area contributed by atoms with E-state index in [4.69, 9.17) is 0 Å². The number of nitrogens with zero attached hydrogens (tertiary/aromatic N) is 1. The topological polar surface area (TPSA) is 36.4 Å². The summed E-state index contributed by atoms with van der Waals surface area (Å²) < 4.78 is 1.15. The van der Waals surface area contributed by atoms with Crippen LogP contribution in [0.1, 0.15) is 16.7 Å². The highest BCUT2D eigenvalue weighted by Crippen LogP contribution is 2.22. The van der Waals surface area contributed by atoms with E-state index in [2.05, 4.69) is 68.1 Å². The van der Waals surface area contributed by atoms with Crippen LogP contribution in [0.15, 0.2) is 38.4 Å². The molecule has 0 amide bonds. The zero-order valence-corrected chi connectivity index (χ0v) is 16.6. The number of halogens is 2. The minimum atomic E-state index is 0. The number of nitrogens with one attached hydrogen (secondary N) is 2. The summed E-state index contributed by atoms with van der Waals surface area (Å²) in [6.45, 7) is 4.46. The van der Waals surface area contributed by atoms with Gasteiger partial charge in [-0.3, -0.25) is 0 Å². The first-order valence-electron chi connectivity index (χ1n) is 6.06. The highest BCUT2D eigenvalue weighted by molar-refractivity contribution is 14.0. The van der Waals surface area contributed by atoms with Crippen molar-refractivity contribution in [3.05, 3.63) is 43.2 Å². The summed E-state index contributed by atoms with van der Waals surface area (Å²) in [4.78, 5) is 7.15. The summed E-state index contributed by atoms with van der Waals surface area (Å²) in [5, 5.41) is 8.69. The molecule has 2 N–H and O–H groups in total. The molecule has 2 aromatic rings. The molecule has 110 valence electrons. The Morgan fingerprint density at radius 1 is 1.25 bits per heavy atom. The van der Waals surface area contributed by atoms with E-state index >= 15 is 0 Å². The molecule has 0 bridgehead atoms. The zero-order valence-electron chi connectivity index (χ0n) is 11.1. The second kappa shape index (κ2) is 9.75. The molecule has 0 atom stereocenters. The number of hydrogen-bond donors (Lipinski definition) is 2. The van der Waals surface area contributed by atoms with Crippen molar-refractivity contribution in [3.63, 3.8) is 0 Å². The van der Waals surface area contributed by atoms with Gasteiger partial charge in [0, 0.05) is 16.3 Å². The smallest absolute Gasteiger partial charge is 0.191 e. The monoisotopic (exact) mass is 485 g/mol. The van der Waals surface area contributed by atoms with Crippen LogP contribution in [0.5, 0.6) is 0 Å². The van der Waals surface area contributed by atoms with E-state index in [-0.39, 0.29) is 24.0 Å². The normalized spacial score (nSPS) is 11.0. The summed E-state index contributed by atoms with van der Waals surface area (Å²) in [5.74, 6) is 0.862. The van der Waals surface area contributed by atoms with Gasteiger partial charge in [-0.25, -0.2) is 4.99 Å². The van der Waals surface area contributed by atoms with E-state index in [0.717, 1.165) is 22.8 Å². The van der Waals surface area contributed by atoms with Crippen LogP contribution in [0.2, 0.25) is 0 Å². The Morgan fingerprint density at radius 3 is 2.70 bits per heavy atom. The van der Waals surface area contributed by atoms with Gasteiger partial charge in [0.25, 0.3) is 0 Å². The number of hydrogen-bond acceptors (Lipinski definition) is 3. The maximum Gasteiger partial charge on any atom is 0.191 e. The van der Waals surface area contributed by atoms with Crippen LogP contribution < -0.4 is 10.6 Å². The fourth-order valence-electron chi connectivity index (χ4n) is 1.52. The molecule has 0 spiro atoms. The quantitative estimate of drug-likeness (QED) is 0.373. The van der Waals surface area contributed by atoms with Crippen molar-refractivity contribution in [1.29, 1.82) is 0 Å². The zero-order chi connectivity index (χ0) is 13.5. The van der Waals surface area contributed by atoms with Crippen LogP contribution in [0.3, 0.4) is 0 Å². The largest absolute Gasteiger partial charge is 0.357 e. The number of guanidine groups is 1. The van der Waals surface area contributed by atoms with Crippen LogP contribution in [0, 0.1) is 0 Å². The molecule has 2 aromatic heterocycles. The van der Waals surface area contributed by atoms with E-state index in [1.165, 1.54) is 9.75 Å². The van der Waals surface area contributed by atoms with Crippen LogP contribution in [0.25, 0.3) is 0 Å². The minimum Gasteiger partial charge on any atom is -0.357 e. The highest BCUT2D eigenvalue weighted by atomic mass is 127. The molecule has 0 saturated carbocycles. The number of thiophene rings is 2. The molecule has 2 rings (SSSR count). The lowest BCUT2D eigenvalue weighted by Gasteiger charge is -2.09. The maximum absolute atomic E-state index is 4.59. The third-order valence-electron chi connectivity index (χ3n) is 2.38. The molecule has 0 aliphatic carbocycles. The first-order chi connectivity index (χ1) is 9.28. The van der Waals surface area contributed by atoms with Gasteiger partial charge in [-0.1, -0.05) is 6.07 Å². The first-order valence-corrected chi connectivity index (χ1v) is 8.55. The van der Waals surface area contributed by atoms with E-state index < -0.39 is 0 Å². The molecule has 0 aromatic carbocycles. The van der Waals surface area contributed by atoms with Crippen molar-refractivity contribution < 1.29 is 0 Å². The van der Waals surface area contributed by atoms with Gasteiger partial charge in [-0.2, -0.15) is 0 Å². The van der Waals surface area contributed by atoms with Crippen LogP contribution in [0.4, 0.5) is 0 Å². The summed E-state index contributed by atoms with van der Waals surface area (Å²) in [6.07, 6.45) is 0. The van der Waals surface area contributed by atoms with Gasteiger partial charge < -0.3 is 10.6 Å². The molecule has 7 heteroatoms. The third-order valence-corrected chi connectivity index (χ3v) is 4.86. The van der Waals surface area contributed by atoms with Crippen molar-refractivity contribution in [2.75, 3.05) is 6.54 Å². The number of aliphatic imine (C=N–C) groups is 1. The lowest BCUT2D eigenvalue weighted by atomic mass is 10.4. The van der Waals surface area contributed by atoms with Gasteiger partial charge in [0.2, 0.25) is 0 Å². The van der Waals surface area contributed by atoms with Gasteiger partial charge in [0.15, 0.2) is 5.96 Å². The molecule has 0 fully saturated rings. The number of rotatable bonds is 5.